The van der Waals surface area contributed by atoms with Gasteiger partial charge in [0.15, 0.2) is 11.6 Å². The fraction of sp³-hybridized carbons (Fsp3) is 0.708. The molecule has 0 atom stereocenters. The molecule has 0 aliphatic heterocycles. The van der Waals surface area contributed by atoms with Crippen LogP contribution < -0.4 is 0 Å². The Labute approximate surface area is 332 Å². The van der Waals surface area contributed by atoms with Gasteiger partial charge in [0, 0.05) is 12.8 Å². The summed E-state index contributed by atoms with van der Waals surface area (Å²) in [5.41, 5.74) is 4.32. The summed E-state index contributed by atoms with van der Waals surface area (Å²) in [6.07, 6.45) is 23.5. The topological polar surface area (TPSA) is 59.1 Å². The number of ketones is 2. The van der Waals surface area contributed by atoms with Crippen LogP contribution in [0.2, 0.25) is 0 Å². The number of hydrogen-bond acceptors (Lipinski definition) is 6. The molecule has 0 aromatic heterocycles. The molecule has 2 aromatic rings. The van der Waals surface area contributed by atoms with Gasteiger partial charge in [0.1, 0.15) is 13.2 Å². The van der Waals surface area contributed by atoms with Gasteiger partial charge in [-0.2, -0.15) is 0 Å². The van der Waals surface area contributed by atoms with E-state index in [0.29, 0.717) is 26.1 Å². The lowest BCUT2D eigenvalue weighted by molar-refractivity contribution is -0.124. The second-order valence-corrected chi connectivity index (χ2v) is 15.6. The molecule has 0 amide bonds. The monoisotopic (exact) mass is 749 g/mol. The first kappa shape index (κ1) is 47.8. The molecule has 0 radical (unpaired) electrons. The normalized spacial score (nSPS) is 11.6. The second kappa shape index (κ2) is 32.8. The van der Waals surface area contributed by atoms with Crippen molar-refractivity contribution in [3.8, 4) is 11.1 Å². The van der Waals surface area contributed by atoms with E-state index >= 15 is 0 Å². The summed E-state index contributed by atoms with van der Waals surface area (Å²) < 4.78 is 11.8. The van der Waals surface area contributed by atoms with Crippen LogP contribution in [0.25, 0.3) is 11.1 Å². The van der Waals surface area contributed by atoms with Crippen LogP contribution in [0, 0.1) is 0 Å². The van der Waals surface area contributed by atoms with E-state index in [1.807, 2.05) is 12.1 Å². The van der Waals surface area contributed by atoms with Crippen molar-refractivity contribution in [2.24, 2.45) is 0 Å². The number of carbonyl (C=O) groups excluding carboxylic acids is 2. The van der Waals surface area contributed by atoms with Crippen molar-refractivity contribution in [2.75, 3.05) is 52.5 Å². The molecule has 0 unspecified atom stereocenters. The third-order valence-electron chi connectivity index (χ3n) is 10.4. The SMILES string of the molecule is CCCCCCN(CCCCCC)CCCC(=O)COCc1cccc(-c2cccc(COCC(=O)CCCN(CCCCCC)CCCCCC)c2)c1. The first-order valence-corrected chi connectivity index (χ1v) is 22.3. The Morgan fingerprint density at radius 1 is 0.444 bits per heavy atom. The van der Waals surface area contributed by atoms with Gasteiger partial charge in [0.2, 0.25) is 0 Å². The molecule has 6 heteroatoms. The molecular weight excluding hydrogens is 669 g/mol. The van der Waals surface area contributed by atoms with Crippen LogP contribution >= 0.6 is 0 Å². The number of nitrogens with zero attached hydrogens (tertiary/aromatic N) is 2. The quantitative estimate of drug-likeness (QED) is 0.0641. The third kappa shape index (κ3) is 24.2. The van der Waals surface area contributed by atoms with Crippen molar-refractivity contribution in [2.45, 2.75) is 169 Å². The molecule has 0 saturated heterocycles. The van der Waals surface area contributed by atoms with Crippen LogP contribution in [-0.4, -0.2) is 73.8 Å². The molecule has 0 aliphatic rings. The van der Waals surface area contributed by atoms with Gasteiger partial charge in [-0.15, -0.1) is 0 Å². The summed E-state index contributed by atoms with van der Waals surface area (Å²) in [5, 5.41) is 0. The number of benzene rings is 2. The van der Waals surface area contributed by atoms with E-state index in [0.717, 1.165) is 74.4 Å². The average molecular weight is 749 g/mol. The second-order valence-electron chi connectivity index (χ2n) is 15.6. The standard InChI is InChI=1S/C48H80N2O4/c1-5-9-13-17-31-49(32-18-14-10-6-2)35-23-29-47(51)41-53-39-43-25-21-27-45(37-43)46-28-22-26-44(38-46)40-54-42-48(52)30-24-36-50(33-19-15-11-7-3)34-20-16-12-8-4/h21-22,25-28,37-38H,5-20,23-24,29-36,39-42H2,1-4H3. The van der Waals surface area contributed by atoms with E-state index in [4.69, 9.17) is 9.47 Å². The Morgan fingerprint density at radius 3 is 1.11 bits per heavy atom. The van der Waals surface area contributed by atoms with E-state index < -0.39 is 0 Å². The maximum absolute atomic E-state index is 12.7. The maximum Gasteiger partial charge on any atom is 0.158 e. The van der Waals surface area contributed by atoms with Crippen molar-refractivity contribution in [1.82, 2.24) is 9.80 Å². The highest BCUT2D eigenvalue weighted by atomic mass is 16.5. The van der Waals surface area contributed by atoms with Crippen molar-refractivity contribution >= 4 is 11.6 Å². The predicted molar refractivity (Wildman–Crippen MR) is 229 cm³/mol. The van der Waals surface area contributed by atoms with Gasteiger partial charge in [-0.3, -0.25) is 9.59 Å². The van der Waals surface area contributed by atoms with E-state index in [1.165, 1.54) is 103 Å². The smallest absolute Gasteiger partial charge is 0.158 e. The van der Waals surface area contributed by atoms with Crippen molar-refractivity contribution < 1.29 is 19.1 Å². The highest BCUT2D eigenvalue weighted by Crippen LogP contribution is 2.23. The third-order valence-corrected chi connectivity index (χ3v) is 10.4. The van der Waals surface area contributed by atoms with Crippen molar-refractivity contribution in [3.63, 3.8) is 0 Å². The fourth-order valence-electron chi connectivity index (χ4n) is 7.11. The Kier molecular flexibility index (Phi) is 29.0. The molecule has 0 heterocycles. The molecule has 2 rings (SSSR count). The Hall–Kier alpha value is -2.38. The summed E-state index contributed by atoms with van der Waals surface area (Å²) in [5.74, 6) is 0.374. The number of rotatable bonds is 37. The summed E-state index contributed by atoms with van der Waals surface area (Å²) in [6.45, 7) is 16.8. The summed E-state index contributed by atoms with van der Waals surface area (Å²) in [6, 6.07) is 16.7. The Bertz CT molecular complexity index is 1100. The molecule has 306 valence electrons. The maximum atomic E-state index is 12.7. The van der Waals surface area contributed by atoms with Crippen LogP contribution in [-0.2, 0) is 32.3 Å². The lowest BCUT2D eigenvalue weighted by Crippen LogP contribution is -2.28. The lowest BCUT2D eigenvalue weighted by atomic mass is 10.0. The zero-order valence-corrected chi connectivity index (χ0v) is 35.4. The summed E-state index contributed by atoms with van der Waals surface area (Å²) >= 11 is 0. The number of ether oxygens (including phenoxy) is 2. The molecule has 2 aromatic carbocycles. The fourth-order valence-corrected chi connectivity index (χ4v) is 7.11. The van der Waals surface area contributed by atoms with Crippen LogP contribution in [0.1, 0.15) is 167 Å². The van der Waals surface area contributed by atoms with Crippen LogP contribution in [0.5, 0.6) is 0 Å². The lowest BCUT2D eigenvalue weighted by Gasteiger charge is -2.22. The van der Waals surface area contributed by atoms with Gasteiger partial charge < -0.3 is 19.3 Å². The number of carbonyl (C=O) groups is 2. The molecule has 0 spiro atoms. The zero-order valence-electron chi connectivity index (χ0n) is 35.4. The zero-order chi connectivity index (χ0) is 38.9. The average Bonchev–Trinajstić information content (AvgIpc) is 3.18. The summed E-state index contributed by atoms with van der Waals surface area (Å²) in [7, 11) is 0. The van der Waals surface area contributed by atoms with Gasteiger partial charge in [-0.25, -0.2) is 0 Å². The molecule has 0 fully saturated rings. The minimum Gasteiger partial charge on any atom is -0.369 e. The molecular formula is C48H80N2O4. The number of hydrogen-bond donors (Lipinski definition) is 0. The highest BCUT2D eigenvalue weighted by Gasteiger charge is 2.10. The van der Waals surface area contributed by atoms with Gasteiger partial charge in [-0.1, -0.05) is 141 Å². The molecule has 0 aliphatic carbocycles. The van der Waals surface area contributed by atoms with Crippen molar-refractivity contribution in [3.05, 3.63) is 59.7 Å². The van der Waals surface area contributed by atoms with Crippen LogP contribution in [0.15, 0.2) is 48.5 Å². The summed E-state index contributed by atoms with van der Waals surface area (Å²) in [4.78, 5) is 30.5. The van der Waals surface area contributed by atoms with E-state index in [2.05, 4.69) is 73.9 Å². The first-order chi connectivity index (χ1) is 26.5. The van der Waals surface area contributed by atoms with Gasteiger partial charge in [0.25, 0.3) is 0 Å². The van der Waals surface area contributed by atoms with E-state index in [1.54, 1.807) is 0 Å². The number of unbranched alkanes of at least 4 members (excludes halogenated alkanes) is 12. The van der Waals surface area contributed by atoms with Crippen molar-refractivity contribution in [1.29, 1.82) is 0 Å². The number of Topliss-reactive ketones (excluding diaryl/α,β-unsaturated/α-hetero) is 2. The molecule has 0 saturated carbocycles. The van der Waals surface area contributed by atoms with Crippen LogP contribution in [0.3, 0.4) is 0 Å². The molecule has 0 bridgehead atoms. The molecule has 6 nitrogen and oxygen atoms in total. The van der Waals surface area contributed by atoms with E-state index in [9.17, 15) is 9.59 Å². The van der Waals surface area contributed by atoms with Gasteiger partial charge in [0.05, 0.1) is 13.2 Å². The predicted octanol–water partition coefficient (Wildman–Crippen LogP) is 12.0. The highest BCUT2D eigenvalue weighted by molar-refractivity contribution is 5.80. The first-order valence-electron chi connectivity index (χ1n) is 22.3. The van der Waals surface area contributed by atoms with Gasteiger partial charge >= 0.3 is 0 Å². The minimum absolute atomic E-state index is 0.166. The van der Waals surface area contributed by atoms with Crippen LogP contribution in [0.4, 0.5) is 0 Å². The Balaban J connectivity index is 1.73. The largest absolute Gasteiger partial charge is 0.369 e. The molecule has 54 heavy (non-hydrogen) atoms. The molecule has 0 N–H and O–H groups in total. The minimum atomic E-state index is 0.166. The van der Waals surface area contributed by atoms with E-state index in [-0.39, 0.29) is 24.8 Å². The van der Waals surface area contributed by atoms with Gasteiger partial charge in [-0.05, 0) is 112 Å². The Morgan fingerprint density at radius 2 is 0.778 bits per heavy atom.